The first kappa shape index (κ1) is 33.3. The van der Waals surface area contributed by atoms with Gasteiger partial charge < -0.3 is 19.5 Å². The fourth-order valence-electron chi connectivity index (χ4n) is 4.01. The Bertz CT molecular complexity index is 1680. The number of thioether (sulfide) groups is 1. The molecule has 1 fully saturated rings. The largest absolute Gasteiger partial charge is 0.495 e. The number of imide groups is 1. The van der Waals surface area contributed by atoms with Crippen LogP contribution in [0.15, 0.2) is 64.0 Å². The number of carbonyl (C=O) groups is 3. The Morgan fingerprint density at radius 3 is 2.38 bits per heavy atom. The number of nitro benzene ring substituents is 1. The first-order valence-corrected chi connectivity index (χ1v) is 14.5. The third kappa shape index (κ3) is 8.13. The molecule has 3 aromatic carbocycles. The molecule has 0 bridgehead atoms. The topological polar surface area (TPSA) is 137 Å². The Hall–Kier alpha value is -4.57. The van der Waals surface area contributed by atoms with Gasteiger partial charge in [-0.25, -0.2) is 0 Å². The summed E-state index contributed by atoms with van der Waals surface area (Å²) >= 11 is 4.01. The van der Waals surface area contributed by atoms with E-state index in [2.05, 4.69) is 21.2 Å². The smallest absolute Gasteiger partial charge is 0.416 e. The summed E-state index contributed by atoms with van der Waals surface area (Å²) in [6.07, 6.45) is -3.25. The highest BCUT2D eigenvalue weighted by Crippen LogP contribution is 2.39. The van der Waals surface area contributed by atoms with Gasteiger partial charge in [-0.15, -0.1) is 0 Å². The van der Waals surface area contributed by atoms with Gasteiger partial charge in [0.05, 0.1) is 34.8 Å². The van der Waals surface area contributed by atoms with Crippen molar-refractivity contribution in [1.82, 2.24) is 4.90 Å². The summed E-state index contributed by atoms with van der Waals surface area (Å²) in [7, 11) is 1.21. The van der Waals surface area contributed by atoms with Crippen LogP contribution in [0.5, 0.6) is 17.2 Å². The second-order valence-electron chi connectivity index (χ2n) is 9.19. The predicted octanol–water partition coefficient (Wildman–Crippen LogP) is 7.04. The summed E-state index contributed by atoms with van der Waals surface area (Å²) in [4.78, 5) is 49.5. The van der Waals surface area contributed by atoms with Gasteiger partial charge in [-0.3, -0.25) is 29.4 Å². The zero-order valence-electron chi connectivity index (χ0n) is 23.5. The summed E-state index contributed by atoms with van der Waals surface area (Å²) in [5.74, 6) is -1.07. The third-order valence-corrected chi connectivity index (χ3v) is 7.76. The van der Waals surface area contributed by atoms with E-state index >= 15 is 0 Å². The normalized spacial score (nSPS) is 14.1. The number of benzene rings is 3. The van der Waals surface area contributed by atoms with Crippen LogP contribution in [0.2, 0.25) is 0 Å². The molecule has 0 aliphatic carbocycles. The number of nitrogens with zero attached hydrogens (tertiary/aromatic N) is 2. The van der Waals surface area contributed by atoms with E-state index < -0.39 is 40.3 Å². The Kier molecular flexibility index (Phi) is 10.4. The van der Waals surface area contributed by atoms with Crippen molar-refractivity contribution in [2.24, 2.45) is 0 Å². The van der Waals surface area contributed by atoms with Crippen molar-refractivity contribution < 1.29 is 46.7 Å². The molecule has 16 heteroatoms. The van der Waals surface area contributed by atoms with E-state index in [1.54, 1.807) is 31.2 Å². The first-order chi connectivity index (χ1) is 21.3. The average Bonchev–Trinajstić information content (AvgIpc) is 3.24. The molecule has 0 spiro atoms. The number of methoxy groups -OCH3 is 1. The third-order valence-electron chi connectivity index (χ3n) is 6.17. The van der Waals surface area contributed by atoms with Crippen LogP contribution in [0.4, 0.5) is 29.3 Å². The second kappa shape index (κ2) is 14.0. The highest BCUT2D eigenvalue weighted by molar-refractivity contribution is 9.10. The number of carbonyl (C=O) groups excluding carboxylic acids is 3. The molecule has 1 saturated heterocycles. The monoisotopic (exact) mass is 709 g/mol. The zero-order valence-corrected chi connectivity index (χ0v) is 25.9. The Balaban J connectivity index is 1.49. The van der Waals surface area contributed by atoms with Crippen molar-refractivity contribution in [2.45, 2.75) is 19.7 Å². The highest BCUT2D eigenvalue weighted by atomic mass is 79.9. The number of amides is 3. The maximum absolute atomic E-state index is 13.2. The molecule has 1 aliphatic rings. The van der Waals surface area contributed by atoms with Gasteiger partial charge in [-0.2, -0.15) is 13.2 Å². The Morgan fingerprint density at radius 2 is 1.76 bits per heavy atom. The van der Waals surface area contributed by atoms with Crippen molar-refractivity contribution in [3.63, 3.8) is 0 Å². The van der Waals surface area contributed by atoms with Crippen LogP contribution in [0.3, 0.4) is 0 Å². The van der Waals surface area contributed by atoms with Crippen molar-refractivity contribution in [1.29, 1.82) is 0 Å². The summed E-state index contributed by atoms with van der Waals surface area (Å²) in [5, 5.41) is 12.4. The van der Waals surface area contributed by atoms with Gasteiger partial charge in [0.15, 0.2) is 11.5 Å². The van der Waals surface area contributed by atoms with Crippen molar-refractivity contribution in [2.75, 3.05) is 25.6 Å². The molecule has 3 amide bonds. The van der Waals surface area contributed by atoms with Crippen LogP contribution in [0.25, 0.3) is 6.08 Å². The lowest BCUT2D eigenvalue weighted by Gasteiger charge is -2.16. The summed E-state index contributed by atoms with van der Waals surface area (Å²) in [6, 6.07) is 11.6. The number of ether oxygens (including phenoxy) is 3. The number of hydrogen-bond donors (Lipinski definition) is 1. The first-order valence-electron chi connectivity index (χ1n) is 12.9. The van der Waals surface area contributed by atoms with Gasteiger partial charge in [0.25, 0.3) is 16.8 Å². The number of nitro groups is 1. The number of rotatable bonds is 11. The molecule has 1 aliphatic heterocycles. The summed E-state index contributed by atoms with van der Waals surface area (Å²) in [6.45, 7) is 1.36. The summed E-state index contributed by atoms with van der Waals surface area (Å²) in [5.41, 5.74) is -0.227. The minimum Gasteiger partial charge on any atom is -0.495 e. The van der Waals surface area contributed by atoms with Crippen LogP contribution in [0.1, 0.15) is 23.6 Å². The van der Waals surface area contributed by atoms with Gasteiger partial charge in [0.1, 0.15) is 18.9 Å². The molecule has 3 aromatic rings. The van der Waals surface area contributed by atoms with Gasteiger partial charge in [0.2, 0.25) is 5.91 Å². The van der Waals surface area contributed by atoms with E-state index in [0.29, 0.717) is 49.8 Å². The van der Waals surface area contributed by atoms with Gasteiger partial charge >= 0.3 is 6.18 Å². The van der Waals surface area contributed by atoms with E-state index in [0.717, 1.165) is 12.1 Å². The second-order valence-corrected chi connectivity index (χ2v) is 11.0. The molecule has 4 rings (SSSR count). The van der Waals surface area contributed by atoms with Gasteiger partial charge in [0, 0.05) is 16.6 Å². The lowest BCUT2D eigenvalue weighted by molar-refractivity contribution is -0.384. The Labute approximate surface area is 266 Å². The van der Waals surface area contributed by atoms with Crippen molar-refractivity contribution >= 4 is 62.2 Å². The lowest BCUT2D eigenvalue weighted by atomic mass is 10.1. The van der Waals surface area contributed by atoms with Crippen LogP contribution >= 0.6 is 27.7 Å². The number of hydrogen-bond acceptors (Lipinski definition) is 9. The molecule has 1 heterocycles. The molecule has 0 atom stereocenters. The van der Waals surface area contributed by atoms with Crippen LogP contribution in [-0.2, 0) is 22.4 Å². The van der Waals surface area contributed by atoms with Gasteiger partial charge in [-0.1, -0.05) is 15.9 Å². The number of alkyl halides is 3. The van der Waals surface area contributed by atoms with E-state index in [1.165, 1.54) is 25.3 Å². The maximum Gasteiger partial charge on any atom is 0.416 e. The molecular weight excluding hydrogens is 687 g/mol. The number of anilines is 1. The van der Waals surface area contributed by atoms with E-state index in [1.807, 2.05) is 0 Å². The van der Waals surface area contributed by atoms with Crippen LogP contribution in [-0.4, -0.2) is 47.1 Å². The molecule has 0 unspecified atom stereocenters. The van der Waals surface area contributed by atoms with Gasteiger partial charge in [-0.05, 0) is 78.4 Å². The average molecular weight is 710 g/mol. The predicted molar refractivity (Wildman–Crippen MR) is 162 cm³/mol. The fraction of sp³-hybridized carbons (Fsp3) is 0.207. The standard InChI is InChI=1S/C29H23BrF3N3O8S/c1-3-43-23-10-17(20(30)13-24(23)44-15-16-4-7-19(8-5-16)36(40)41)11-25-27(38)35(28(39)45-25)14-26(37)34-21-12-18(29(31,32)33)6-9-22(21)42-2/h4-13H,3,14-15H2,1-2H3,(H,34,37)/b25-11-. The molecule has 11 nitrogen and oxygen atoms in total. The minimum atomic E-state index is -4.67. The molecule has 0 saturated carbocycles. The lowest BCUT2D eigenvalue weighted by Crippen LogP contribution is -2.36. The quantitative estimate of drug-likeness (QED) is 0.126. The molecule has 45 heavy (non-hydrogen) atoms. The minimum absolute atomic E-state index is 0.00727. The molecule has 0 aromatic heterocycles. The van der Waals surface area contributed by atoms with Crippen molar-refractivity contribution in [3.05, 3.63) is 90.8 Å². The SMILES string of the molecule is CCOc1cc(/C=C2\SC(=O)N(CC(=O)Nc3cc(C(F)(F)F)ccc3OC)C2=O)c(Br)cc1OCc1ccc([N+](=O)[O-])cc1. The molecule has 0 radical (unpaired) electrons. The van der Waals surface area contributed by atoms with Crippen LogP contribution < -0.4 is 19.5 Å². The number of nitrogens with one attached hydrogen (secondary N) is 1. The zero-order chi connectivity index (χ0) is 32.9. The fourth-order valence-corrected chi connectivity index (χ4v) is 5.28. The maximum atomic E-state index is 13.2. The Morgan fingerprint density at radius 1 is 1.07 bits per heavy atom. The van der Waals surface area contributed by atoms with E-state index in [4.69, 9.17) is 14.2 Å². The number of halogens is 4. The summed E-state index contributed by atoms with van der Waals surface area (Å²) < 4.78 is 56.5. The van der Waals surface area contributed by atoms with Crippen LogP contribution in [0, 0.1) is 10.1 Å². The molecule has 1 N–H and O–H groups in total. The molecule has 236 valence electrons. The van der Waals surface area contributed by atoms with Crippen molar-refractivity contribution in [3.8, 4) is 17.2 Å². The highest BCUT2D eigenvalue weighted by Gasteiger charge is 2.37. The molecular formula is C29H23BrF3N3O8S. The van der Waals surface area contributed by atoms with E-state index in [9.17, 15) is 37.7 Å². The number of non-ortho nitro benzene ring substituents is 1. The van der Waals surface area contributed by atoms with E-state index in [-0.39, 0.29) is 35.2 Å².